The van der Waals surface area contributed by atoms with Crippen molar-refractivity contribution in [3.05, 3.63) is 24.3 Å². The van der Waals surface area contributed by atoms with Gasteiger partial charge in [-0.3, -0.25) is 0 Å². The van der Waals surface area contributed by atoms with Crippen molar-refractivity contribution in [1.82, 2.24) is 0 Å². The van der Waals surface area contributed by atoms with Crippen molar-refractivity contribution in [2.24, 2.45) is 5.92 Å². The second-order valence-electron chi connectivity index (χ2n) is 4.87. The lowest BCUT2D eigenvalue weighted by Gasteiger charge is -2.19. The Hall–Kier alpha value is -1.71. The second kappa shape index (κ2) is 7.67. The zero-order valence-corrected chi connectivity index (χ0v) is 11.8. The zero-order valence-electron chi connectivity index (χ0n) is 11.8. The SMILES string of the molecule is CCCOc1ccccc1O[C@H](CC(C)C)C(=O)O. The maximum Gasteiger partial charge on any atom is 0.344 e. The van der Waals surface area contributed by atoms with Gasteiger partial charge in [-0.15, -0.1) is 0 Å². The van der Waals surface area contributed by atoms with Crippen molar-refractivity contribution in [2.75, 3.05) is 6.61 Å². The summed E-state index contributed by atoms with van der Waals surface area (Å²) in [5.41, 5.74) is 0. The average molecular weight is 266 g/mol. The Morgan fingerprint density at radius 1 is 1.26 bits per heavy atom. The first-order chi connectivity index (χ1) is 9.04. The van der Waals surface area contributed by atoms with Crippen LogP contribution in [0.2, 0.25) is 0 Å². The highest BCUT2D eigenvalue weighted by Gasteiger charge is 2.22. The molecule has 0 aromatic heterocycles. The molecule has 0 spiro atoms. The van der Waals surface area contributed by atoms with Gasteiger partial charge in [-0.05, 0) is 30.9 Å². The summed E-state index contributed by atoms with van der Waals surface area (Å²) in [7, 11) is 0. The Kier molecular flexibility index (Phi) is 6.19. The highest BCUT2D eigenvalue weighted by atomic mass is 16.5. The first-order valence-electron chi connectivity index (χ1n) is 6.65. The Morgan fingerprint density at radius 2 is 1.89 bits per heavy atom. The minimum absolute atomic E-state index is 0.254. The molecule has 0 aliphatic rings. The maximum atomic E-state index is 11.2. The molecule has 0 aliphatic carbocycles. The molecular formula is C15H22O4. The fraction of sp³-hybridized carbons (Fsp3) is 0.533. The number of ether oxygens (including phenoxy) is 2. The van der Waals surface area contributed by atoms with Crippen molar-refractivity contribution in [1.29, 1.82) is 0 Å². The largest absolute Gasteiger partial charge is 0.490 e. The van der Waals surface area contributed by atoms with E-state index in [1.54, 1.807) is 12.1 Å². The van der Waals surface area contributed by atoms with E-state index >= 15 is 0 Å². The normalized spacial score (nSPS) is 12.2. The molecule has 0 bridgehead atoms. The lowest BCUT2D eigenvalue weighted by molar-refractivity contribution is -0.145. The highest BCUT2D eigenvalue weighted by molar-refractivity contribution is 5.72. The summed E-state index contributed by atoms with van der Waals surface area (Å²) in [4.78, 5) is 11.2. The van der Waals surface area contributed by atoms with Gasteiger partial charge < -0.3 is 14.6 Å². The monoisotopic (exact) mass is 266 g/mol. The van der Waals surface area contributed by atoms with Crippen LogP contribution in [0.1, 0.15) is 33.6 Å². The molecule has 1 aromatic carbocycles. The third-order valence-corrected chi connectivity index (χ3v) is 2.54. The van der Waals surface area contributed by atoms with E-state index in [1.807, 2.05) is 32.9 Å². The van der Waals surface area contributed by atoms with Gasteiger partial charge in [0.25, 0.3) is 0 Å². The van der Waals surface area contributed by atoms with E-state index in [0.29, 0.717) is 24.5 Å². The van der Waals surface area contributed by atoms with E-state index in [2.05, 4.69) is 0 Å². The van der Waals surface area contributed by atoms with Gasteiger partial charge in [0.15, 0.2) is 17.6 Å². The Balaban J connectivity index is 2.80. The van der Waals surface area contributed by atoms with Crippen molar-refractivity contribution in [3.63, 3.8) is 0 Å². The van der Waals surface area contributed by atoms with Crippen LogP contribution in [0.4, 0.5) is 0 Å². The molecule has 0 aliphatic heterocycles. The van der Waals surface area contributed by atoms with Crippen molar-refractivity contribution in [2.45, 2.75) is 39.7 Å². The average Bonchev–Trinajstić information content (AvgIpc) is 2.36. The topological polar surface area (TPSA) is 55.8 Å². The van der Waals surface area contributed by atoms with Crippen LogP contribution < -0.4 is 9.47 Å². The lowest BCUT2D eigenvalue weighted by Crippen LogP contribution is -2.28. The number of carboxylic acids is 1. The number of aliphatic carboxylic acids is 1. The van der Waals surface area contributed by atoms with Crippen LogP contribution in [0.25, 0.3) is 0 Å². The fourth-order valence-corrected chi connectivity index (χ4v) is 1.66. The first kappa shape index (κ1) is 15.3. The first-order valence-corrected chi connectivity index (χ1v) is 6.65. The number of hydrogen-bond donors (Lipinski definition) is 1. The van der Waals surface area contributed by atoms with E-state index in [4.69, 9.17) is 9.47 Å². The predicted molar refractivity (Wildman–Crippen MR) is 73.7 cm³/mol. The summed E-state index contributed by atoms with van der Waals surface area (Å²) < 4.78 is 11.1. The van der Waals surface area contributed by atoms with Crippen molar-refractivity contribution < 1.29 is 19.4 Å². The van der Waals surface area contributed by atoms with Crippen LogP contribution in [-0.4, -0.2) is 23.8 Å². The lowest BCUT2D eigenvalue weighted by atomic mass is 10.1. The fourth-order valence-electron chi connectivity index (χ4n) is 1.66. The Morgan fingerprint density at radius 3 is 2.42 bits per heavy atom. The molecular weight excluding hydrogens is 244 g/mol. The Bertz CT molecular complexity index is 401. The molecule has 106 valence electrons. The molecule has 4 heteroatoms. The Labute approximate surface area is 114 Å². The summed E-state index contributed by atoms with van der Waals surface area (Å²) >= 11 is 0. The predicted octanol–water partition coefficient (Wildman–Crippen LogP) is 3.35. The quantitative estimate of drug-likeness (QED) is 0.784. The summed E-state index contributed by atoms with van der Waals surface area (Å²) in [5.74, 6) is 0.396. The van der Waals surface area contributed by atoms with Gasteiger partial charge in [-0.2, -0.15) is 0 Å². The molecule has 4 nitrogen and oxygen atoms in total. The smallest absolute Gasteiger partial charge is 0.344 e. The molecule has 0 saturated carbocycles. The number of para-hydroxylation sites is 2. The number of rotatable bonds is 8. The van der Waals surface area contributed by atoms with Gasteiger partial charge in [0, 0.05) is 0 Å². The number of carboxylic acid groups (broad SMARTS) is 1. The van der Waals surface area contributed by atoms with Crippen LogP contribution in [0, 0.1) is 5.92 Å². The number of benzene rings is 1. The van der Waals surface area contributed by atoms with Crippen LogP contribution in [0.3, 0.4) is 0 Å². The summed E-state index contributed by atoms with van der Waals surface area (Å²) in [5, 5.41) is 9.18. The summed E-state index contributed by atoms with van der Waals surface area (Å²) in [6.45, 7) is 6.54. The minimum atomic E-state index is -0.945. The van der Waals surface area contributed by atoms with Crippen LogP contribution in [-0.2, 0) is 4.79 Å². The van der Waals surface area contributed by atoms with Gasteiger partial charge in [0.2, 0.25) is 0 Å². The van der Waals surface area contributed by atoms with E-state index in [1.165, 1.54) is 0 Å². The highest BCUT2D eigenvalue weighted by Crippen LogP contribution is 2.28. The van der Waals surface area contributed by atoms with Crippen LogP contribution in [0.15, 0.2) is 24.3 Å². The van der Waals surface area contributed by atoms with Gasteiger partial charge >= 0.3 is 5.97 Å². The van der Waals surface area contributed by atoms with Crippen molar-refractivity contribution >= 4 is 5.97 Å². The van der Waals surface area contributed by atoms with Gasteiger partial charge in [0.1, 0.15) is 0 Å². The maximum absolute atomic E-state index is 11.2. The molecule has 1 atom stereocenters. The zero-order chi connectivity index (χ0) is 14.3. The number of carbonyl (C=O) groups is 1. The van der Waals surface area contributed by atoms with Gasteiger partial charge in [-0.1, -0.05) is 32.9 Å². The van der Waals surface area contributed by atoms with E-state index in [9.17, 15) is 9.90 Å². The van der Waals surface area contributed by atoms with E-state index in [0.717, 1.165) is 6.42 Å². The third-order valence-electron chi connectivity index (χ3n) is 2.54. The summed E-state index contributed by atoms with van der Waals surface area (Å²) in [6, 6.07) is 7.18. The van der Waals surface area contributed by atoms with E-state index < -0.39 is 12.1 Å². The molecule has 1 aromatic rings. The second-order valence-corrected chi connectivity index (χ2v) is 4.87. The standard InChI is InChI=1S/C15H22O4/c1-4-9-18-12-7-5-6-8-13(12)19-14(15(16)17)10-11(2)3/h5-8,11,14H,4,9-10H2,1-3H3,(H,16,17)/t14-/m1/s1. The molecule has 0 saturated heterocycles. The van der Waals surface area contributed by atoms with Crippen LogP contribution in [0.5, 0.6) is 11.5 Å². The molecule has 0 radical (unpaired) electrons. The van der Waals surface area contributed by atoms with Gasteiger partial charge in [-0.25, -0.2) is 4.79 Å². The molecule has 19 heavy (non-hydrogen) atoms. The number of hydrogen-bond acceptors (Lipinski definition) is 3. The van der Waals surface area contributed by atoms with Crippen molar-refractivity contribution in [3.8, 4) is 11.5 Å². The molecule has 0 fully saturated rings. The molecule has 1 rings (SSSR count). The third kappa shape index (κ3) is 5.20. The summed E-state index contributed by atoms with van der Waals surface area (Å²) in [6.07, 6.45) is 0.520. The van der Waals surface area contributed by atoms with Gasteiger partial charge in [0.05, 0.1) is 6.61 Å². The minimum Gasteiger partial charge on any atom is -0.490 e. The van der Waals surface area contributed by atoms with Crippen LogP contribution >= 0.6 is 0 Å². The molecule has 0 unspecified atom stereocenters. The molecule has 0 heterocycles. The van der Waals surface area contributed by atoms with E-state index in [-0.39, 0.29) is 5.92 Å². The molecule has 1 N–H and O–H groups in total. The molecule has 0 amide bonds.